The van der Waals surface area contributed by atoms with Crippen molar-refractivity contribution in [3.05, 3.63) is 41.7 Å². The summed E-state index contributed by atoms with van der Waals surface area (Å²) in [7, 11) is 0. The second-order valence-electron chi connectivity index (χ2n) is 5.80. The SMILES string of the molecule is Fc1ccc(/C=C/CN2CCC(N3CCOCC3)C2)cc1. The Morgan fingerprint density at radius 3 is 2.67 bits per heavy atom. The molecule has 4 heteroatoms. The minimum Gasteiger partial charge on any atom is -0.379 e. The molecular weight excluding hydrogens is 267 g/mol. The molecule has 3 nitrogen and oxygen atoms in total. The third-order valence-electron chi connectivity index (χ3n) is 4.35. The lowest BCUT2D eigenvalue weighted by Gasteiger charge is -2.32. The Hall–Kier alpha value is -1.23. The maximum atomic E-state index is 12.8. The highest BCUT2D eigenvalue weighted by atomic mass is 19.1. The van der Waals surface area contributed by atoms with Crippen LogP contribution in [0.4, 0.5) is 4.39 Å². The number of nitrogens with zero attached hydrogens (tertiary/aromatic N) is 2. The summed E-state index contributed by atoms with van der Waals surface area (Å²) in [6, 6.07) is 7.32. The van der Waals surface area contributed by atoms with Gasteiger partial charge in [0.15, 0.2) is 0 Å². The summed E-state index contributed by atoms with van der Waals surface area (Å²) in [5.41, 5.74) is 1.06. The van der Waals surface area contributed by atoms with Gasteiger partial charge in [0, 0.05) is 38.8 Å². The second kappa shape index (κ2) is 7.16. The third kappa shape index (κ3) is 4.13. The number of morpholine rings is 1. The third-order valence-corrected chi connectivity index (χ3v) is 4.35. The zero-order valence-electron chi connectivity index (χ0n) is 12.4. The fraction of sp³-hybridized carbons (Fsp3) is 0.529. The number of benzene rings is 1. The minimum atomic E-state index is -0.181. The summed E-state index contributed by atoms with van der Waals surface area (Å²) in [5.74, 6) is -0.181. The molecule has 1 unspecified atom stereocenters. The van der Waals surface area contributed by atoms with Crippen LogP contribution in [0.2, 0.25) is 0 Å². The van der Waals surface area contributed by atoms with E-state index in [9.17, 15) is 4.39 Å². The quantitative estimate of drug-likeness (QED) is 0.846. The fourth-order valence-corrected chi connectivity index (χ4v) is 3.13. The first-order valence-electron chi connectivity index (χ1n) is 7.77. The van der Waals surface area contributed by atoms with Crippen LogP contribution in [0.1, 0.15) is 12.0 Å². The molecule has 0 saturated carbocycles. The molecule has 21 heavy (non-hydrogen) atoms. The van der Waals surface area contributed by atoms with Crippen LogP contribution in [0.3, 0.4) is 0 Å². The van der Waals surface area contributed by atoms with Gasteiger partial charge >= 0.3 is 0 Å². The first-order valence-corrected chi connectivity index (χ1v) is 7.77. The summed E-state index contributed by atoms with van der Waals surface area (Å²) in [4.78, 5) is 5.05. The van der Waals surface area contributed by atoms with Gasteiger partial charge in [-0.25, -0.2) is 4.39 Å². The molecule has 114 valence electrons. The minimum absolute atomic E-state index is 0.181. The van der Waals surface area contributed by atoms with E-state index in [0.717, 1.165) is 51.5 Å². The van der Waals surface area contributed by atoms with E-state index in [-0.39, 0.29) is 5.82 Å². The van der Waals surface area contributed by atoms with Gasteiger partial charge in [-0.15, -0.1) is 0 Å². The first kappa shape index (κ1) is 14.7. The molecule has 1 atom stereocenters. The zero-order chi connectivity index (χ0) is 14.5. The molecule has 0 spiro atoms. The molecule has 2 aliphatic rings. The molecule has 2 heterocycles. The van der Waals surface area contributed by atoms with Gasteiger partial charge in [-0.2, -0.15) is 0 Å². The van der Waals surface area contributed by atoms with Crippen molar-refractivity contribution in [2.75, 3.05) is 45.9 Å². The molecule has 1 aromatic carbocycles. The molecule has 0 radical (unpaired) electrons. The maximum Gasteiger partial charge on any atom is 0.123 e. The van der Waals surface area contributed by atoms with Gasteiger partial charge in [-0.3, -0.25) is 9.80 Å². The van der Waals surface area contributed by atoms with Crippen molar-refractivity contribution >= 4 is 6.08 Å². The second-order valence-corrected chi connectivity index (χ2v) is 5.80. The van der Waals surface area contributed by atoms with E-state index in [1.807, 2.05) is 12.1 Å². The highest BCUT2D eigenvalue weighted by molar-refractivity contribution is 5.48. The van der Waals surface area contributed by atoms with Crippen molar-refractivity contribution in [3.8, 4) is 0 Å². The predicted octanol–water partition coefficient (Wildman–Crippen LogP) is 2.25. The van der Waals surface area contributed by atoms with Crippen LogP contribution in [0, 0.1) is 5.82 Å². The summed E-state index contributed by atoms with van der Waals surface area (Å²) in [6.07, 6.45) is 5.50. The lowest BCUT2D eigenvalue weighted by atomic mass is 10.2. The average molecular weight is 290 g/mol. The highest BCUT2D eigenvalue weighted by Gasteiger charge is 2.27. The molecular formula is C17H23FN2O. The van der Waals surface area contributed by atoms with E-state index in [4.69, 9.17) is 4.74 Å². The summed E-state index contributed by atoms with van der Waals surface area (Å²) < 4.78 is 18.2. The Kier molecular flexibility index (Phi) is 5.01. The molecule has 1 aromatic rings. The lowest BCUT2D eigenvalue weighted by Crippen LogP contribution is -2.44. The molecule has 3 rings (SSSR count). The number of likely N-dealkylation sites (tertiary alicyclic amines) is 1. The van der Waals surface area contributed by atoms with Crippen LogP contribution in [-0.2, 0) is 4.74 Å². The Morgan fingerprint density at radius 1 is 1.14 bits per heavy atom. The van der Waals surface area contributed by atoms with E-state index < -0.39 is 0 Å². The van der Waals surface area contributed by atoms with Crippen LogP contribution in [0.25, 0.3) is 6.08 Å². The normalized spacial score (nSPS) is 24.9. The average Bonchev–Trinajstić information content (AvgIpc) is 2.99. The Morgan fingerprint density at radius 2 is 1.90 bits per heavy atom. The molecule has 0 aliphatic carbocycles. The van der Waals surface area contributed by atoms with E-state index in [1.54, 1.807) is 0 Å². The molecule has 0 bridgehead atoms. The standard InChI is InChI=1S/C17H23FN2O/c18-16-5-3-15(4-6-16)2-1-8-19-9-7-17(14-19)20-10-12-21-13-11-20/h1-6,17H,7-14H2/b2-1+. The number of hydrogen-bond donors (Lipinski definition) is 0. The molecule has 2 fully saturated rings. The fourth-order valence-electron chi connectivity index (χ4n) is 3.13. The van der Waals surface area contributed by atoms with Crippen LogP contribution in [0.15, 0.2) is 30.3 Å². The number of halogens is 1. The molecule has 0 N–H and O–H groups in total. The zero-order valence-corrected chi connectivity index (χ0v) is 12.4. The maximum absolute atomic E-state index is 12.8. The smallest absolute Gasteiger partial charge is 0.123 e. The molecule has 2 aliphatic heterocycles. The van der Waals surface area contributed by atoms with Gasteiger partial charge in [0.2, 0.25) is 0 Å². The number of ether oxygens (including phenoxy) is 1. The number of rotatable bonds is 4. The van der Waals surface area contributed by atoms with Crippen LogP contribution in [-0.4, -0.2) is 61.8 Å². The van der Waals surface area contributed by atoms with E-state index in [1.165, 1.54) is 18.6 Å². The monoisotopic (exact) mass is 290 g/mol. The first-order chi connectivity index (χ1) is 10.3. The van der Waals surface area contributed by atoms with Crippen molar-refractivity contribution in [2.24, 2.45) is 0 Å². The van der Waals surface area contributed by atoms with Crippen molar-refractivity contribution in [1.29, 1.82) is 0 Å². The lowest BCUT2D eigenvalue weighted by molar-refractivity contribution is 0.0187. The predicted molar refractivity (Wildman–Crippen MR) is 82.7 cm³/mol. The highest BCUT2D eigenvalue weighted by Crippen LogP contribution is 2.17. The van der Waals surface area contributed by atoms with Crippen molar-refractivity contribution in [3.63, 3.8) is 0 Å². The Balaban J connectivity index is 1.45. The van der Waals surface area contributed by atoms with Crippen LogP contribution < -0.4 is 0 Å². The van der Waals surface area contributed by atoms with Gasteiger partial charge in [0.25, 0.3) is 0 Å². The number of hydrogen-bond acceptors (Lipinski definition) is 3. The van der Waals surface area contributed by atoms with Gasteiger partial charge in [-0.1, -0.05) is 24.3 Å². The molecule has 0 amide bonds. The summed E-state index contributed by atoms with van der Waals surface area (Å²) in [5, 5.41) is 0. The Bertz CT molecular complexity index is 468. The van der Waals surface area contributed by atoms with Crippen LogP contribution in [0.5, 0.6) is 0 Å². The largest absolute Gasteiger partial charge is 0.379 e. The van der Waals surface area contributed by atoms with Crippen LogP contribution >= 0.6 is 0 Å². The molecule has 0 aromatic heterocycles. The van der Waals surface area contributed by atoms with Crippen molar-refractivity contribution in [1.82, 2.24) is 9.80 Å². The van der Waals surface area contributed by atoms with Crippen molar-refractivity contribution in [2.45, 2.75) is 12.5 Å². The topological polar surface area (TPSA) is 15.7 Å². The van der Waals surface area contributed by atoms with E-state index in [2.05, 4.69) is 22.0 Å². The van der Waals surface area contributed by atoms with Gasteiger partial charge in [0.1, 0.15) is 5.82 Å². The van der Waals surface area contributed by atoms with E-state index in [0.29, 0.717) is 6.04 Å². The molecule has 2 saturated heterocycles. The van der Waals surface area contributed by atoms with Gasteiger partial charge in [0.05, 0.1) is 13.2 Å². The van der Waals surface area contributed by atoms with Crippen molar-refractivity contribution < 1.29 is 9.13 Å². The van der Waals surface area contributed by atoms with Gasteiger partial charge in [-0.05, 0) is 24.1 Å². The van der Waals surface area contributed by atoms with Gasteiger partial charge < -0.3 is 4.74 Å². The van der Waals surface area contributed by atoms with E-state index >= 15 is 0 Å². The Labute approximate surface area is 126 Å². The summed E-state index contributed by atoms with van der Waals surface area (Å²) in [6.45, 7) is 7.18. The summed E-state index contributed by atoms with van der Waals surface area (Å²) >= 11 is 0.